The van der Waals surface area contributed by atoms with Crippen molar-refractivity contribution in [3.63, 3.8) is 0 Å². The lowest BCUT2D eigenvalue weighted by molar-refractivity contribution is -0.0837. The number of nitrogens with one attached hydrogen (secondary N) is 1. The summed E-state index contributed by atoms with van der Waals surface area (Å²) in [6.07, 6.45) is -0.384. The van der Waals surface area contributed by atoms with Crippen LogP contribution in [0.2, 0.25) is 0 Å². The molecule has 0 aliphatic carbocycles. The Morgan fingerprint density at radius 2 is 2.07 bits per heavy atom. The van der Waals surface area contributed by atoms with Crippen LogP contribution in [0.15, 0.2) is 0 Å². The standard InChI is InChI=1S/C10H18F2N2/c1-2-13-10(9(11)12)7-14-5-3-8(10)4-6-14/h8-9,13H,2-7H2,1H3. The molecule has 14 heavy (non-hydrogen) atoms. The second-order valence-electron chi connectivity index (χ2n) is 4.42. The van der Waals surface area contributed by atoms with Crippen LogP contribution < -0.4 is 5.32 Å². The first-order valence-corrected chi connectivity index (χ1v) is 5.44. The predicted octanol–water partition coefficient (Wildman–Crippen LogP) is 1.33. The fourth-order valence-electron chi connectivity index (χ4n) is 2.96. The molecule has 0 amide bonds. The first kappa shape index (κ1) is 10.3. The zero-order valence-corrected chi connectivity index (χ0v) is 8.60. The molecular weight excluding hydrogens is 186 g/mol. The molecule has 3 aliphatic rings. The van der Waals surface area contributed by atoms with Gasteiger partial charge in [0, 0.05) is 6.54 Å². The second kappa shape index (κ2) is 3.74. The third-order valence-corrected chi connectivity index (χ3v) is 3.70. The van der Waals surface area contributed by atoms with Crippen molar-refractivity contribution in [1.29, 1.82) is 0 Å². The summed E-state index contributed by atoms with van der Waals surface area (Å²) in [7, 11) is 0. The number of rotatable bonds is 3. The predicted molar refractivity (Wildman–Crippen MR) is 51.6 cm³/mol. The molecule has 3 saturated heterocycles. The maximum absolute atomic E-state index is 13.1. The summed E-state index contributed by atoms with van der Waals surface area (Å²) < 4.78 is 26.3. The van der Waals surface area contributed by atoms with Crippen LogP contribution in [-0.4, -0.2) is 43.0 Å². The third kappa shape index (κ3) is 1.44. The van der Waals surface area contributed by atoms with E-state index in [-0.39, 0.29) is 5.92 Å². The van der Waals surface area contributed by atoms with Crippen molar-refractivity contribution in [2.75, 3.05) is 26.2 Å². The SMILES string of the molecule is CCNC1(C(F)F)CN2CCC1CC2. The van der Waals surface area contributed by atoms with E-state index in [2.05, 4.69) is 10.2 Å². The molecule has 3 fully saturated rings. The van der Waals surface area contributed by atoms with Gasteiger partial charge in [-0.1, -0.05) is 6.92 Å². The van der Waals surface area contributed by atoms with Crippen molar-refractivity contribution in [3.8, 4) is 0 Å². The van der Waals surface area contributed by atoms with E-state index in [4.69, 9.17) is 0 Å². The smallest absolute Gasteiger partial charge is 0.258 e. The van der Waals surface area contributed by atoms with Crippen LogP contribution in [0.4, 0.5) is 8.78 Å². The molecule has 0 aromatic heterocycles. The summed E-state index contributed by atoms with van der Waals surface area (Å²) in [4.78, 5) is 2.16. The summed E-state index contributed by atoms with van der Waals surface area (Å²) in [6, 6.07) is 0. The zero-order valence-electron chi connectivity index (χ0n) is 8.60. The van der Waals surface area contributed by atoms with Crippen molar-refractivity contribution in [2.24, 2.45) is 5.92 Å². The largest absolute Gasteiger partial charge is 0.305 e. The van der Waals surface area contributed by atoms with Crippen LogP contribution in [0.3, 0.4) is 0 Å². The first-order chi connectivity index (χ1) is 6.69. The molecule has 1 N–H and O–H groups in total. The van der Waals surface area contributed by atoms with Crippen LogP contribution in [0.25, 0.3) is 0 Å². The average molecular weight is 204 g/mol. The second-order valence-corrected chi connectivity index (χ2v) is 4.42. The lowest BCUT2D eigenvalue weighted by atomic mass is 9.73. The quantitative estimate of drug-likeness (QED) is 0.746. The maximum Gasteiger partial charge on any atom is 0.258 e. The Labute approximate surface area is 83.7 Å². The Morgan fingerprint density at radius 3 is 2.43 bits per heavy atom. The first-order valence-electron chi connectivity index (χ1n) is 5.44. The molecule has 2 bridgehead atoms. The number of alkyl halides is 2. The number of nitrogens with zero attached hydrogens (tertiary/aromatic N) is 1. The molecule has 2 nitrogen and oxygen atoms in total. The van der Waals surface area contributed by atoms with E-state index in [1.165, 1.54) is 0 Å². The molecule has 82 valence electrons. The average Bonchev–Trinajstić information content (AvgIpc) is 2.19. The summed E-state index contributed by atoms with van der Waals surface area (Å²) >= 11 is 0. The van der Waals surface area contributed by atoms with Crippen molar-refractivity contribution in [2.45, 2.75) is 31.7 Å². The van der Waals surface area contributed by atoms with Gasteiger partial charge in [-0.25, -0.2) is 8.78 Å². The van der Waals surface area contributed by atoms with E-state index in [1.807, 2.05) is 6.92 Å². The molecule has 4 heteroatoms. The Morgan fingerprint density at radius 1 is 1.43 bits per heavy atom. The molecular formula is C10H18F2N2. The fraction of sp³-hybridized carbons (Fsp3) is 1.00. The monoisotopic (exact) mass is 204 g/mol. The molecule has 0 saturated carbocycles. The molecule has 3 heterocycles. The van der Waals surface area contributed by atoms with E-state index in [9.17, 15) is 8.78 Å². The summed E-state index contributed by atoms with van der Waals surface area (Å²) in [6.45, 7) is 5.08. The lowest BCUT2D eigenvalue weighted by Gasteiger charge is -2.53. The van der Waals surface area contributed by atoms with Crippen LogP contribution >= 0.6 is 0 Å². The normalized spacial score (nSPS) is 42.0. The van der Waals surface area contributed by atoms with Gasteiger partial charge in [-0.05, 0) is 38.4 Å². The molecule has 0 aromatic carbocycles. The molecule has 3 aliphatic heterocycles. The molecule has 0 aromatic rings. The minimum absolute atomic E-state index is 0.174. The van der Waals surface area contributed by atoms with E-state index in [0.29, 0.717) is 13.1 Å². The maximum atomic E-state index is 13.1. The minimum Gasteiger partial charge on any atom is -0.305 e. The molecule has 3 rings (SSSR count). The van der Waals surface area contributed by atoms with Gasteiger partial charge >= 0.3 is 0 Å². The highest BCUT2D eigenvalue weighted by molar-refractivity contribution is 5.05. The van der Waals surface area contributed by atoms with Gasteiger partial charge in [0.15, 0.2) is 0 Å². The van der Waals surface area contributed by atoms with Crippen LogP contribution in [-0.2, 0) is 0 Å². The van der Waals surface area contributed by atoms with E-state index < -0.39 is 12.0 Å². The van der Waals surface area contributed by atoms with Gasteiger partial charge in [0.25, 0.3) is 6.43 Å². The van der Waals surface area contributed by atoms with Gasteiger partial charge < -0.3 is 10.2 Å². The van der Waals surface area contributed by atoms with E-state index in [0.717, 1.165) is 25.9 Å². The lowest BCUT2D eigenvalue weighted by Crippen LogP contribution is -2.69. The van der Waals surface area contributed by atoms with Gasteiger partial charge in [0.05, 0.1) is 5.54 Å². The minimum atomic E-state index is -2.24. The van der Waals surface area contributed by atoms with Gasteiger partial charge in [-0.3, -0.25) is 0 Å². The zero-order chi connectivity index (χ0) is 10.2. The van der Waals surface area contributed by atoms with Gasteiger partial charge in [0.1, 0.15) is 0 Å². The summed E-state index contributed by atoms with van der Waals surface area (Å²) in [5.74, 6) is 0.174. The Hall–Kier alpha value is -0.220. The van der Waals surface area contributed by atoms with Gasteiger partial charge in [0.2, 0.25) is 0 Å². The van der Waals surface area contributed by atoms with Crippen LogP contribution in [0.1, 0.15) is 19.8 Å². The third-order valence-electron chi connectivity index (χ3n) is 3.70. The number of likely N-dealkylation sites (N-methyl/N-ethyl adjacent to an activating group) is 1. The molecule has 0 radical (unpaired) electrons. The fourth-order valence-corrected chi connectivity index (χ4v) is 2.96. The van der Waals surface area contributed by atoms with Crippen LogP contribution in [0, 0.1) is 5.92 Å². The summed E-state index contributed by atoms with van der Waals surface area (Å²) in [5, 5.41) is 3.04. The Bertz CT molecular complexity index is 202. The van der Waals surface area contributed by atoms with Crippen molar-refractivity contribution >= 4 is 0 Å². The number of hydrogen-bond donors (Lipinski definition) is 1. The molecule has 1 atom stereocenters. The highest BCUT2D eigenvalue weighted by Crippen LogP contribution is 2.39. The van der Waals surface area contributed by atoms with Gasteiger partial charge in [-0.15, -0.1) is 0 Å². The van der Waals surface area contributed by atoms with Crippen molar-refractivity contribution in [1.82, 2.24) is 10.2 Å². The van der Waals surface area contributed by atoms with Crippen molar-refractivity contribution in [3.05, 3.63) is 0 Å². The highest BCUT2D eigenvalue weighted by atomic mass is 19.3. The van der Waals surface area contributed by atoms with Crippen LogP contribution in [0.5, 0.6) is 0 Å². The highest BCUT2D eigenvalue weighted by Gasteiger charge is 2.52. The number of piperidine rings is 3. The molecule has 1 unspecified atom stereocenters. The number of fused-ring (bicyclic) bond motifs is 3. The van der Waals surface area contributed by atoms with Crippen molar-refractivity contribution < 1.29 is 8.78 Å². The topological polar surface area (TPSA) is 15.3 Å². The molecule has 0 spiro atoms. The van der Waals surface area contributed by atoms with Gasteiger partial charge in [-0.2, -0.15) is 0 Å². The summed E-state index contributed by atoms with van der Waals surface area (Å²) in [5.41, 5.74) is -0.911. The number of halogens is 2. The Kier molecular flexibility index (Phi) is 2.75. The van der Waals surface area contributed by atoms with E-state index in [1.54, 1.807) is 0 Å². The van der Waals surface area contributed by atoms with E-state index >= 15 is 0 Å². The number of hydrogen-bond acceptors (Lipinski definition) is 2. The Balaban J connectivity index is 2.17.